The highest BCUT2D eigenvalue weighted by Gasteiger charge is 2.33. The van der Waals surface area contributed by atoms with Gasteiger partial charge in [0.2, 0.25) is 11.8 Å². The Balaban J connectivity index is 2.07. The number of hydrogen-bond donors (Lipinski definition) is 1. The first-order valence-corrected chi connectivity index (χ1v) is 15.0. The zero-order valence-corrected chi connectivity index (χ0v) is 25.0. The van der Waals surface area contributed by atoms with E-state index in [4.69, 9.17) is 27.9 Å². The van der Waals surface area contributed by atoms with E-state index >= 15 is 0 Å². The van der Waals surface area contributed by atoms with Crippen molar-refractivity contribution in [2.45, 2.75) is 44.2 Å². The van der Waals surface area contributed by atoms with E-state index in [2.05, 4.69) is 5.32 Å². The van der Waals surface area contributed by atoms with Gasteiger partial charge in [-0.3, -0.25) is 13.9 Å². The van der Waals surface area contributed by atoms with Crippen LogP contribution < -0.4 is 14.4 Å². The molecule has 0 aliphatic carbocycles. The predicted molar refractivity (Wildman–Crippen MR) is 158 cm³/mol. The summed E-state index contributed by atoms with van der Waals surface area (Å²) in [4.78, 5) is 28.6. The zero-order valence-electron chi connectivity index (χ0n) is 22.6. The van der Waals surface area contributed by atoms with Gasteiger partial charge >= 0.3 is 0 Å². The van der Waals surface area contributed by atoms with Crippen LogP contribution >= 0.6 is 23.2 Å². The number of sulfonamides is 1. The van der Waals surface area contributed by atoms with Crippen LogP contribution in [0, 0.1) is 0 Å². The molecule has 1 atom stereocenters. The van der Waals surface area contributed by atoms with E-state index in [1.165, 1.54) is 35.2 Å². The highest BCUT2D eigenvalue weighted by Crippen LogP contribution is 2.31. The molecule has 214 valence electrons. The minimum absolute atomic E-state index is 0.000878. The van der Waals surface area contributed by atoms with Crippen LogP contribution in [0.25, 0.3) is 0 Å². The highest BCUT2D eigenvalue weighted by atomic mass is 35.5. The van der Waals surface area contributed by atoms with Crippen molar-refractivity contribution >= 4 is 50.7 Å². The van der Waals surface area contributed by atoms with Crippen LogP contribution in [-0.2, 0) is 26.2 Å². The van der Waals surface area contributed by atoms with Crippen molar-refractivity contribution in [3.05, 3.63) is 88.4 Å². The fraction of sp³-hybridized carbons (Fsp3) is 0.310. The first kappa shape index (κ1) is 31.3. The molecule has 0 aliphatic rings. The van der Waals surface area contributed by atoms with Gasteiger partial charge in [0, 0.05) is 13.1 Å². The van der Waals surface area contributed by atoms with Crippen molar-refractivity contribution in [1.29, 1.82) is 0 Å². The first-order valence-electron chi connectivity index (χ1n) is 12.8. The highest BCUT2D eigenvalue weighted by molar-refractivity contribution is 7.92. The number of methoxy groups -OCH3 is 1. The fourth-order valence-electron chi connectivity index (χ4n) is 4.14. The van der Waals surface area contributed by atoms with Crippen LogP contribution in [0.4, 0.5) is 5.69 Å². The largest absolute Gasteiger partial charge is 0.497 e. The third-order valence-electron chi connectivity index (χ3n) is 6.22. The second kappa shape index (κ2) is 14.4. The number of ether oxygens (including phenoxy) is 1. The topological polar surface area (TPSA) is 96.0 Å². The molecule has 0 bridgehead atoms. The Morgan fingerprint density at radius 1 is 0.950 bits per heavy atom. The Morgan fingerprint density at radius 3 is 2.30 bits per heavy atom. The normalized spacial score (nSPS) is 11.9. The molecule has 3 rings (SSSR count). The number of halogens is 2. The van der Waals surface area contributed by atoms with Gasteiger partial charge in [0.15, 0.2) is 0 Å². The van der Waals surface area contributed by atoms with E-state index in [9.17, 15) is 18.0 Å². The van der Waals surface area contributed by atoms with Crippen molar-refractivity contribution < 1.29 is 22.7 Å². The van der Waals surface area contributed by atoms with Crippen molar-refractivity contribution in [1.82, 2.24) is 10.2 Å². The fourth-order valence-corrected chi connectivity index (χ4v) is 5.86. The van der Waals surface area contributed by atoms with Crippen LogP contribution in [-0.4, -0.2) is 51.4 Å². The van der Waals surface area contributed by atoms with Gasteiger partial charge in [-0.05, 0) is 60.9 Å². The minimum atomic E-state index is -4.20. The van der Waals surface area contributed by atoms with Gasteiger partial charge in [-0.2, -0.15) is 0 Å². The number of benzene rings is 3. The molecular weight excluding hydrogens is 573 g/mol. The molecule has 0 aliphatic heterocycles. The summed E-state index contributed by atoms with van der Waals surface area (Å²) in [6.45, 7) is 3.68. The number of carbonyl (C=O) groups excluding carboxylic acids is 2. The predicted octanol–water partition coefficient (Wildman–Crippen LogP) is 5.53. The summed E-state index contributed by atoms with van der Waals surface area (Å²) in [7, 11) is -2.66. The number of anilines is 1. The standard InChI is InChI=1S/C29H33Cl2N3O5S/c1-4-16-32-29(36)27(5-2)33(19-21-10-9-11-23(17-21)39-3)28(35)20-34(22-14-15-25(30)26(31)18-22)40(37,38)24-12-7-6-8-13-24/h6-15,17-18,27H,4-5,16,19-20H2,1-3H3,(H,32,36). The SMILES string of the molecule is CCCNC(=O)C(CC)N(Cc1cccc(OC)c1)C(=O)CN(c1ccc(Cl)c(Cl)c1)S(=O)(=O)c1ccccc1. The maximum Gasteiger partial charge on any atom is 0.264 e. The van der Waals surface area contributed by atoms with Crippen LogP contribution in [0.1, 0.15) is 32.3 Å². The lowest BCUT2D eigenvalue weighted by atomic mass is 10.1. The molecule has 0 radical (unpaired) electrons. The maximum absolute atomic E-state index is 14.0. The molecule has 0 saturated heterocycles. The maximum atomic E-state index is 14.0. The summed E-state index contributed by atoms with van der Waals surface area (Å²) in [5.74, 6) is -0.281. The zero-order chi connectivity index (χ0) is 29.3. The van der Waals surface area contributed by atoms with Crippen LogP contribution in [0.3, 0.4) is 0 Å². The molecule has 3 aromatic rings. The smallest absolute Gasteiger partial charge is 0.264 e. The van der Waals surface area contributed by atoms with Gasteiger partial charge in [0.05, 0.1) is 27.7 Å². The van der Waals surface area contributed by atoms with E-state index in [0.717, 1.165) is 16.3 Å². The Morgan fingerprint density at radius 2 is 1.68 bits per heavy atom. The monoisotopic (exact) mass is 605 g/mol. The van der Waals surface area contributed by atoms with E-state index in [-0.39, 0.29) is 33.1 Å². The molecule has 1 N–H and O–H groups in total. The summed E-state index contributed by atoms with van der Waals surface area (Å²) >= 11 is 12.3. The molecule has 0 fully saturated rings. The number of rotatable bonds is 13. The molecule has 8 nitrogen and oxygen atoms in total. The quantitative estimate of drug-likeness (QED) is 0.276. The number of nitrogens with one attached hydrogen (secondary N) is 1. The van der Waals surface area contributed by atoms with Crippen molar-refractivity contribution in [3.63, 3.8) is 0 Å². The van der Waals surface area contributed by atoms with Gasteiger partial charge in [-0.15, -0.1) is 0 Å². The Labute approximate surface area is 245 Å². The molecule has 0 spiro atoms. The van der Waals surface area contributed by atoms with E-state index < -0.39 is 28.5 Å². The third-order valence-corrected chi connectivity index (χ3v) is 8.75. The molecule has 0 saturated carbocycles. The van der Waals surface area contributed by atoms with E-state index in [0.29, 0.717) is 18.7 Å². The second-order valence-corrected chi connectivity index (χ2v) is 11.7. The lowest BCUT2D eigenvalue weighted by Crippen LogP contribution is -2.52. The molecule has 0 aromatic heterocycles. The lowest BCUT2D eigenvalue weighted by Gasteiger charge is -2.33. The second-order valence-electron chi connectivity index (χ2n) is 9.01. The Hall–Kier alpha value is -3.27. The van der Waals surface area contributed by atoms with Gasteiger partial charge in [-0.1, -0.05) is 67.4 Å². The minimum Gasteiger partial charge on any atom is -0.497 e. The van der Waals surface area contributed by atoms with Crippen LogP contribution in [0.2, 0.25) is 10.0 Å². The van der Waals surface area contributed by atoms with Crippen LogP contribution in [0.5, 0.6) is 5.75 Å². The molecule has 0 heterocycles. The van der Waals surface area contributed by atoms with Crippen LogP contribution in [0.15, 0.2) is 77.7 Å². The van der Waals surface area contributed by atoms with Crippen molar-refractivity contribution in [2.24, 2.45) is 0 Å². The Kier molecular flexibility index (Phi) is 11.2. The molecule has 40 heavy (non-hydrogen) atoms. The average Bonchev–Trinajstić information content (AvgIpc) is 2.96. The van der Waals surface area contributed by atoms with E-state index in [1.54, 1.807) is 50.4 Å². The van der Waals surface area contributed by atoms with E-state index in [1.807, 2.05) is 13.0 Å². The molecule has 3 aromatic carbocycles. The number of hydrogen-bond acceptors (Lipinski definition) is 5. The average molecular weight is 607 g/mol. The summed E-state index contributed by atoms with van der Waals surface area (Å²) in [5, 5.41) is 3.24. The first-order chi connectivity index (χ1) is 19.1. The van der Waals surface area contributed by atoms with Gasteiger partial charge in [0.25, 0.3) is 10.0 Å². The van der Waals surface area contributed by atoms with Crippen molar-refractivity contribution in [3.8, 4) is 5.75 Å². The van der Waals surface area contributed by atoms with Gasteiger partial charge in [-0.25, -0.2) is 8.42 Å². The summed E-state index contributed by atoms with van der Waals surface area (Å²) in [6, 6.07) is 18.5. The summed E-state index contributed by atoms with van der Waals surface area (Å²) in [5.41, 5.74) is 0.887. The van der Waals surface area contributed by atoms with Crippen molar-refractivity contribution in [2.75, 3.05) is 24.5 Å². The third kappa shape index (κ3) is 7.68. The molecule has 11 heteroatoms. The van der Waals surface area contributed by atoms with Gasteiger partial charge < -0.3 is 15.0 Å². The summed E-state index contributed by atoms with van der Waals surface area (Å²) in [6.07, 6.45) is 1.05. The number of amides is 2. The summed E-state index contributed by atoms with van der Waals surface area (Å²) < 4.78 is 34.0. The van der Waals surface area contributed by atoms with Gasteiger partial charge in [0.1, 0.15) is 18.3 Å². The number of carbonyl (C=O) groups is 2. The molecule has 2 amide bonds. The Bertz CT molecular complexity index is 1420. The molecule has 1 unspecified atom stereocenters. The number of nitrogens with zero attached hydrogens (tertiary/aromatic N) is 2. The lowest BCUT2D eigenvalue weighted by molar-refractivity contribution is -0.140. The molecular formula is C29H33Cl2N3O5S.